The van der Waals surface area contributed by atoms with Gasteiger partial charge in [0, 0.05) is 7.11 Å². The molecule has 0 spiro atoms. The number of aliphatic hydroxyl groups is 1. The first-order valence-corrected chi connectivity index (χ1v) is 3.50. The molecule has 0 fully saturated rings. The molecule has 0 aliphatic rings. The van der Waals surface area contributed by atoms with E-state index in [2.05, 4.69) is 4.74 Å². The molecule has 1 unspecified atom stereocenters. The van der Waals surface area contributed by atoms with Gasteiger partial charge in [0.1, 0.15) is 6.61 Å². The van der Waals surface area contributed by atoms with E-state index >= 15 is 0 Å². The quantitative estimate of drug-likeness (QED) is 0.576. The molecule has 0 bridgehead atoms. The van der Waals surface area contributed by atoms with Crippen LogP contribution in [-0.4, -0.2) is 37.5 Å². The molecule has 0 saturated carbocycles. The Bertz CT molecular complexity index is 113. The number of esters is 1. The third-order valence-electron chi connectivity index (χ3n) is 1.21. The molecule has 1 N–H and O–H groups in total. The number of aliphatic hydroxyl groups excluding tert-OH is 1. The number of carbonyl (C=O) groups excluding carboxylic acids is 1. The molecule has 0 saturated heterocycles. The molecule has 4 heteroatoms. The van der Waals surface area contributed by atoms with Crippen LogP contribution in [0.1, 0.15) is 13.3 Å². The fourth-order valence-corrected chi connectivity index (χ4v) is 0.536. The van der Waals surface area contributed by atoms with Crippen LogP contribution in [0.5, 0.6) is 0 Å². The Morgan fingerprint density at radius 3 is 2.73 bits per heavy atom. The summed E-state index contributed by atoms with van der Waals surface area (Å²) in [7, 11) is 1.53. The molecule has 66 valence electrons. The highest BCUT2D eigenvalue weighted by Crippen LogP contribution is 1.96. The molecule has 11 heavy (non-hydrogen) atoms. The maximum atomic E-state index is 10.8. The highest BCUT2D eigenvalue weighted by atomic mass is 16.5. The molecule has 0 aliphatic heterocycles. The number of hydrogen-bond donors (Lipinski definition) is 1. The topological polar surface area (TPSA) is 55.8 Å². The Kier molecular flexibility index (Phi) is 5.78. The Morgan fingerprint density at radius 1 is 1.64 bits per heavy atom. The van der Waals surface area contributed by atoms with Gasteiger partial charge >= 0.3 is 5.97 Å². The molecule has 0 radical (unpaired) electrons. The van der Waals surface area contributed by atoms with Crippen LogP contribution in [0.2, 0.25) is 0 Å². The van der Waals surface area contributed by atoms with Crippen LogP contribution < -0.4 is 0 Å². The Morgan fingerprint density at radius 2 is 2.27 bits per heavy atom. The fraction of sp³-hybridized carbons (Fsp3) is 0.857. The van der Waals surface area contributed by atoms with E-state index in [0.717, 1.165) is 0 Å². The van der Waals surface area contributed by atoms with Crippen molar-refractivity contribution in [2.45, 2.75) is 19.4 Å². The summed E-state index contributed by atoms with van der Waals surface area (Å²) >= 11 is 0. The predicted octanol–water partition coefficient (Wildman–Crippen LogP) is -0.0531. The summed E-state index contributed by atoms with van der Waals surface area (Å²) in [6.07, 6.45) is 0.109. The first-order chi connectivity index (χ1) is 5.20. The third kappa shape index (κ3) is 5.82. The van der Waals surface area contributed by atoms with Gasteiger partial charge in [0.05, 0.1) is 19.1 Å². The minimum atomic E-state index is -0.339. The largest absolute Gasteiger partial charge is 0.463 e. The first-order valence-electron chi connectivity index (χ1n) is 3.50. The van der Waals surface area contributed by atoms with Gasteiger partial charge in [-0.2, -0.15) is 0 Å². The fourth-order valence-electron chi connectivity index (χ4n) is 0.536. The van der Waals surface area contributed by atoms with E-state index in [4.69, 9.17) is 9.84 Å². The Hall–Kier alpha value is -0.610. The normalized spacial score (nSPS) is 12.6. The number of methoxy groups -OCH3 is 1. The maximum absolute atomic E-state index is 10.8. The van der Waals surface area contributed by atoms with Gasteiger partial charge in [-0.05, 0) is 6.92 Å². The highest BCUT2D eigenvalue weighted by Gasteiger charge is 2.07. The minimum Gasteiger partial charge on any atom is -0.463 e. The van der Waals surface area contributed by atoms with Crippen molar-refractivity contribution in [3.05, 3.63) is 0 Å². The SMILES string of the molecule is COC(C)CC(=O)OCCO. The second kappa shape index (κ2) is 6.12. The van der Waals surface area contributed by atoms with Crippen molar-refractivity contribution in [1.82, 2.24) is 0 Å². The molecule has 0 aliphatic carbocycles. The molecular formula is C7H14O4. The predicted molar refractivity (Wildman–Crippen MR) is 39.1 cm³/mol. The van der Waals surface area contributed by atoms with E-state index in [-0.39, 0.29) is 31.7 Å². The van der Waals surface area contributed by atoms with Gasteiger partial charge in [-0.15, -0.1) is 0 Å². The molecule has 0 rings (SSSR count). The molecule has 0 aromatic rings. The van der Waals surface area contributed by atoms with E-state index in [1.165, 1.54) is 7.11 Å². The van der Waals surface area contributed by atoms with Crippen LogP contribution in [0.15, 0.2) is 0 Å². The van der Waals surface area contributed by atoms with Gasteiger partial charge in [0.25, 0.3) is 0 Å². The summed E-state index contributed by atoms with van der Waals surface area (Å²) in [5, 5.41) is 8.30. The van der Waals surface area contributed by atoms with Gasteiger partial charge in [-0.25, -0.2) is 0 Å². The first kappa shape index (κ1) is 10.4. The van der Waals surface area contributed by atoms with Gasteiger partial charge < -0.3 is 14.6 Å². The van der Waals surface area contributed by atoms with E-state index < -0.39 is 0 Å². The third-order valence-corrected chi connectivity index (χ3v) is 1.21. The van der Waals surface area contributed by atoms with Crippen molar-refractivity contribution < 1.29 is 19.4 Å². The second-order valence-electron chi connectivity index (χ2n) is 2.19. The van der Waals surface area contributed by atoms with Crippen molar-refractivity contribution in [2.75, 3.05) is 20.3 Å². The molecule has 1 atom stereocenters. The lowest BCUT2D eigenvalue weighted by atomic mass is 10.3. The standard InChI is InChI=1S/C7H14O4/c1-6(10-2)5-7(9)11-4-3-8/h6,8H,3-5H2,1-2H3. The van der Waals surface area contributed by atoms with Gasteiger partial charge in [-0.3, -0.25) is 4.79 Å². The molecular weight excluding hydrogens is 148 g/mol. The lowest BCUT2D eigenvalue weighted by Gasteiger charge is -2.07. The maximum Gasteiger partial charge on any atom is 0.308 e. The van der Waals surface area contributed by atoms with Crippen LogP contribution in [0.4, 0.5) is 0 Å². The molecule has 0 aromatic carbocycles. The van der Waals surface area contributed by atoms with Gasteiger partial charge in [0.15, 0.2) is 0 Å². The number of ether oxygens (including phenoxy) is 2. The molecule has 0 heterocycles. The van der Waals surface area contributed by atoms with E-state index in [9.17, 15) is 4.79 Å². The van der Waals surface area contributed by atoms with Crippen LogP contribution in [0.3, 0.4) is 0 Å². The van der Waals surface area contributed by atoms with E-state index in [0.29, 0.717) is 0 Å². The summed E-state index contributed by atoms with van der Waals surface area (Å²) in [6.45, 7) is 1.71. The zero-order valence-corrected chi connectivity index (χ0v) is 6.87. The average molecular weight is 162 g/mol. The van der Waals surface area contributed by atoms with E-state index in [1.807, 2.05) is 0 Å². The van der Waals surface area contributed by atoms with Crippen LogP contribution in [0, 0.1) is 0 Å². The van der Waals surface area contributed by atoms with Crippen LogP contribution >= 0.6 is 0 Å². The van der Waals surface area contributed by atoms with Crippen molar-refractivity contribution in [3.8, 4) is 0 Å². The summed E-state index contributed by atoms with van der Waals surface area (Å²) in [6, 6.07) is 0. The lowest BCUT2D eigenvalue weighted by Crippen LogP contribution is -2.16. The smallest absolute Gasteiger partial charge is 0.308 e. The number of carbonyl (C=O) groups is 1. The monoisotopic (exact) mass is 162 g/mol. The number of rotatable bonds is 5. The van der Waals surface area contributed by atoms with Gasteiger partial charge in [0.2, 0.25) is 0 Å². The summed E-state index contributed by atoms with van der Waals surface area (Å²) in [5.41, 5.74) is 0. The van der Waals surface area contributed by atoms with Crippen molar-refractivity contribution in [1.29, 1.82) is 0 Å². The van der Waals surface area contributed by atoms with E-state index in [1.54, 1.807) is 6.92 Å². The molecule has 4 nitrogen and oxygen atoms in total. The molecule has 0 amide bonds. The Labute approximate surface area is 66.1 Å². The number of hydrogen-bond acceptors (Lipinski definition) is 4. The lowest BCUT2D eigenvalue weighted by molar-refractivity contribution is -0.147. The highest BCUT2D eigenvalue weighted by molar-refractivity contribution is 5.69. The van der Waals surface area contributed by atoms with Crippen LogP contribution in [-0.2, 0) is 14.3 Å². The minimum absolute atomic E-state index is 0.0647. The van der Waals surface area contributed by atoms with Crippen molar-refractivity contribution >= 4 is 5.97 Å². The second-order valence-corrected chi connectivity index (χ2v) is 2.19. The zero-order chi connectivity index (χ0) is 8.69. The van der Waals surface area contributed by atoms with Crippen molar-refractivity contribution in [3.63, 3.8) is 0 Å². The van der Waals surface area contributed by atoms with Gasteiger partial charge in [-0.1, -0.05) is 0 Å². The summed E-state index contributed by atoms with van der Waals surface area (Å²) in [5.74, 6) is -0.339. The summed E-state index contributed by atoms with van der Waals surface area (Å²) < 4.78 is 9.43. The summed E-state index contributed by atoms with van der Waals surface area (Å²) in [4.78, 5) is 10.8. The van der Waals surface area contributed by atoms with Crippen LogP contribution in [0.25, 0.3) is 0 Å². The Balaban J connectivity index is 3.36. The molecule has 0 aromatic heterocycles. The zero-order valence-electron chi connectivity index (χ0n) is 6.87. The van der Waals surface area contributed by atoms with Crippen molar-refractivity contribution in [2.24, 2.45) is 0 Å². The average Bonchev–Trinajstić information content (AvgIpc) is 2.00.